The second-order valence-electron chi connectivity index (χ2n) is 4.71. The van der Waals surface area contributed by atoms with E-state index in [-0.39, 0.29) is 0 Å². The minimum Gasteiger partial charge on any atom is -0.373 e. The zero-order valence-electron chi connectivity index (χ0n) is 10.8. The number of anilines is 2. The first-order valence-corrected chi connectivity index (χ1v) is 6.61. The number of aryl methyl sites for hydroxylation is 1. The van der Waals surface area contributed by atoms with Crippen LogP contribution in [-0.4, -0.2) is 23.6 Å². The van der Waals surface area contributed by atoms with Crippen molar-refractivity contribution in [2.45, 2.75) is 39.0 Å². The molecule has 1 aliphatic carbocycles. The monoisotopic (exact) mass is 234 g/mol. The first-order valence-electron chi connectivity index (χ1n) is 6.61. The summed E-state index contributed by atoms with van der Waals surface area (Å²) in [7, 11) is 1.89. The molecule has 4 heteroatoms. The van der Waals surface area contributed by atoms with Gasteiger partial charge >= 0.3 is 0 Å². The maximum Gasteiger partial charge on any atom is 0.133 e. The van der Waals surface area contributed by atoms with Gasteiger partial charge in [-0.15, -0.1) is 0 Å². The summed E-state index contributed by atoms with van der Waals surface area (Å²) >= 11 is 0. The van der Waals surface area contributed by atoms with Crippen molar-refractivity contribution in [2.24, 2.45) is 5.92 Å². The second-order valence-corrected chi connectivity index (χ2v) is 4.71. The van der Waals surface area contributed by atoms with Gasteiger partial charge in [0, 0.05) is 26.1 Å². The van der Waals surface area contributed by atoms with Crippen LogP contribution in [-0.2, 0) is 6.42 Å². The van der Waals surface area contributed by atoms with Gasteiger partial charge in [0.25, 0.3) is 0 Å². The van der Waals surface area contributed by atoms with Crippen LogP contribution in [0.4, 0.5) is 11.6 Å². The lowest BCUT2D eigenvalue weighted by Crippen LogP contribution is -2.08. The van der Waals surface area contributed by atoms with Gasteiger partial charge in [-0.05, 0) is 18.8 Å². The fraction of sp³-hybridized carbons (Fsp3) is 0.692. The highest BCUT2D eigenvalue weighted by atomic mass is 15.1. The normalized spacial score (nSPS) is 14.7. The summed E-state index contributed by atoms with van der Waals surface area (Å²) in [6, 6.07) is 1.98. The fourth-order valence-corrected chi connectivity index (χ4v) is 1.86. The van der Waals surface area contributed by atoms with Gasteiger partial charge in [-0.2, -0.15) is 0 Å². The Morgan fingerprint density at radius 3 is 2.71 bits per heavy atom. The first kappa shape index (κ1) is 12.1. The summed E-state index contributed by atoms with van der Waals surface area (Å²) in [5, 5.41) is 6.48. The van der Waals surface area contributed by atoms with Crippen LogP contribution in [0.2, 0.25) is 0 Å². The number of nitrogens with zero attached hydrogens (tertiary/aromatic N) is 2. The zero-order chi connectivity index (χ0) is 12.1. The molecule has 0 unspecified atom stereocenters. The van der Waals surface area contributed by atoms with Crippen molar-refractivity contribution in [1.82, 2.24) is 9.97 Å². The molecule has 1 aromatic rings. The molecule has 94 valence electrons. The van der Waals surface area contributed by atoms with Gasteiger partial charge in [0.05, 0.1) is 0 Å². The highest BCUT2D eigenvalue weighted by molar-refractivity contribution is 5.47. The van der Waals surface area contributed by atoms with E-state index in [4.69, 9.17) is 0 Å². The van der Waals surface area contributed by atoms with E-state index in [0.717, 1.165) is 42.8 Å². The van der Waals surface area contributed by atoms with E-state index in [9.17, 15) is 0 Å². The Morgan fingerprint density at radius 1 is 1.29 bits per heavy atom. The van der Waals surface area contributed by atoms with E-state index in [0.29, 0.717) is 0 Å². The molecule has 0 amide bonds. The minimum absolute atomic E-state index is 0.900. The molecule has 2 rings (SSSR count). The number of hydrogen-bond acceptors (Lipinski definition) is 4. The van der Waals surface area contributed by atoms with Crippen molar-refractivity contribution in [2.75, 3.05) is 24.2 Å². The topological polar surface area (TPSA) is 49.8 Å². The van der Waals surface area contributed by atoms with Crippen LogP contribution < -0.4 is 10.6 Å². The molecular formula is C13H22N4. The van der Waals surface area contributed by atoms with E-state index in [2.05, 4.69) is 27.5 Å². The summed E-state index contributed by atoms with van der Waals surface area (Å²) in [6.45, 7) is 3.17. The average molecular weight is 234 g/mol. The average Bonchev–Trinajstić information content (AvgIpc) is 3.13. The van der Waals surface area contributed by atoms with E-state index in [1.165, 1.54) is 19.3 Å². The van der Waals surface area contributed by atoms with E-state index < -0.39 is 0 Å². The van der Waals surface area contributed by atoms with Gasteiger partial charge in [-0.3, -0.25) is 0 Å². The molecule has 1 fully saturated rings. The Hall–Kier alpha value is -1.32. The highest BCUT2D eigenvalue weighted by Crippen LogP contribution is 2.32. The number of hydrogen-bond donors (Lipinski definition) is 2. The highest BCUT2D eigenvalue weighted by Gasteiger charge is 2.20. The van der Waals surface area contributed by atoms with Crippen LogP contribution in [0.15, 0.2) is 6.07 Å². The van der Waals surface area contributed by atoms with Gasteiger partial charge < -0.3 is 10.6 Å². The van der Waals surface area contributed by atoms with E-state index in [1.807, 2.05) is 13.1 Å². The van der Waals surface area contributed by atoms with Crippen molar-refractivity contribution in [3.05, 3.63) is 11.9 Å². The van der Waals surface area contributed by atoms with Crippen molar-refractivity contribution >= 4 is 11.6 Å². The molecule has 17 heavy (non-hydrogen) atoms. The molecule has 0 saturated heterocycles. The summed E-state index contributed by atoms with van der Waals surface area (Å²) in [5.74, 6) is 3.74. The van der Waals surface area contributed by atoms with Crippen LogP contribution >= 0.6 is 0 Å². The summed E-state index contributed by atoms with van der Waals surface area (Å²) in [6.07, 6.45) is 6.10. The number of nitrogens with one attached hydrogen (secondary N) is 2. The third-order valence-electron chi connectivity index (χ3n) is 3.06. The Bertz CT molecular complexity index is 360. The molecule has 4 nitrogen and oxygen atoms in total. The Kier molecular flexibility index (Phi) is 4.18. The van der Waals surface area contributed by atoms with Crippen molar-refractivity contribution in [1.29, 1.82) is 0 Å². The molecule has 0 radical (unpaired) electrons. The summed E-state index contributed by atoms with van der Waals surface area (Å²) in [5.41, 5.74) is 0. The number of aromatic nitrogens is 2. The van der Waals surface area contributed by atoms with Crippen molar-refractivity contribution in [3.63, 3.8) is 0 Å². The zero-order valence-corrected chi connectivity index (χ0v) is 10.8. The maximum atomic E-state index is 4.53. The molecule has 0 aromatic carbocycles. The Labute approximate surface area is 103 Å². The minimum atomic E-state index is 0.900. The van der Waals surface area contributed by atoms with Gasteiger partial charge in [0.15, 0.2) is 0 Å². The predicted molar refractivity (Wildman–Crippen MR) is 71.4 cm³/mol. The molecule has 1 aliphatic rings. The molecule has 2 N–H and O–H groups in total. The second kappa shape index (κ2) is 5.84. The summed E-state index contributed by atoms with van der Waals surface area (Å²) in [4.78, 5) is 8.96. The standard InChI is InChI=1S/C13H22N4/c1-3-4-11-16-12(14-2)9-13(17-11)15-8-7-10-5-6-10/h9-10H,3-8H2,1-2H3,(H2,14,15,16,17). The molecule has 0 aliphatic heterocycles. The van der Waals surface area contributed by atoms with Crippen LogP contribution in [0.3, 0.4) is 0 Å². The van der Waals surface area contributed by atoms with Crippen molar-refractivity contribution in [3.8, 4) is 0 Å². The molecule has 0 atom stereocenters. The SMILES string of the molecule is CCCc1nc(NC)cc(NCCC2CC2)n1. The summed E-state index contributed by atoms with van der Waals surface area (Å²) < 4.78 is 0. The lowest BCUT2D eigenvalue weighted by molar-refractivity contribution is 0.755. The largest absolute Gasteiger partial charge is 0.373 e. The van der Waals surface area contributed by atoms with Crippen LogP contribution in [0.5, 0.6) is 0 Å². The number of rotatable bonds is 7. The first-order chi connectivity index (χ1) is 8.31. The molecule has 0 bridgehead atoms. The van der Waals surface area contributed by atoms with E-state index >= 15 is 0 Å². The Morgan fingerprint density at radius 2 is 2.06 bits per heavy atom. The van der Waals surface area contributed by atoms with Gasteiger partial charge in [0.2, 0.25) is 0 Å². The smallest absolute Gasteiger partial charge is 0.133 e. The van der Waals surface area contributed by atoms with Gasteiger partial charge in [0.1, 0.15) is 17.5 Å². The molecular weight excluding hydrogens is 212 g/mol. The van der Waals surface area contributed by atoms with Gasteiger partial charge in [-0.1, -0.05) is 19.8 Å². The third kappa shape index (κ3) is 3.88. The van der Waals surface area contributed by atoms with E-state index in [1.54, 1.807) is 0 Å². The molecule has 0 spiro atoms. The van der Waals surface area contributed by atoms with Crippen LogP contribution in [0.25, 0.3) is 0 Å². The van der Waals surface area contributed by atoms with Crippen LogP contribution in [0.1, 0.15) is 38.4 Å². The lowest BCUT2D eigenvalue weighted by Gasteiger charge is -2.09. The quantitative estimate of drug-likeness (QED) is 0.761. The van der Waals surface area contributed by atoms with Crippen molar-refractivity contribution < 1.29 is 0 Å². The fourth-order valence-electron chi connectivity index (χ4n) is 1.86. The van der Waals surface area contributed by atoms with Crippen LogP contribution in [0, 0.1) is 5.92 Å². The maximum absolute atomic E-state index is 4.53. The molecule has 1 heterocycles. The lowest BCUT2D eigenvalue weighted by atomic mass is 10.3. The molecule has 1 aromatic heterocycles. The predicted octanol–water partition coefficient (Wildman–Crippen LogP) is 2.68. The third-order valence-corrected chi connectivity index (χ3v) is 3.06. The van der Waals surface area contributed by atoms with Gasteiger partial charge in [-0.25, -0.2) is 9.97 Å². The Balaban J connectivity index is 1.94. The molecule has 1 saturated carbocycles.